The normalized spacial score (nSPS) is 10.8. The van der Waals surface area contributed by atoms with Gasteiger partial charge in [-0.3, -0.25) is 0 Å². The number of halogens is 2. The summed E-state index contributed by atoms with van der Waals surface area (Å²) in [5.74, 6) is 1.24. The Morgan fingerprint density at radius 2 is 2.22 bits per heavy atom. The van der Waals surface area contributed by atoms with E-state index in [-0.39, 0.29) is 0 Å². The molecule has 2 aromatic rings. The number of likely N-dealkylation sites (N-methyl/N-ethyl adjacent to an activating group) is 1. The van der Waals surface area contributed by atoms with Gasteiger partial charge in [0, 0.05) is 21.0 Å². The molecule has 0 fully saturated rings. The topological polar surface area (TPSA) is 51.0 Å². The molecule has 0 aliphatic rings. The molecular weight excluding hydrogens is 409 g/mol. The molecule has 0 unspecified atom stereocenters. The van der Waals surface area contributed by atoms with Gasteiger partial charge in [0.2, 0.25) is 11.8 Å². The van der Waals surface area contributed by atoms with E-state index in [1.165, 1.54) is 0 Å². The highest BCUT2D eigenvalue weighted by Crippen LogP contribution is 2.27. The number of hydrogen-bond donors (Lipinski definition) is 1. The van der Waals surface area contributed by atoms with Crippen molar-refractivity contribution in [3.63, 3.8) is 0 Å². The smallest absolute Gasteiger partial charge is 0.248 e. The standard InChI is InChI=1S/C12H13BrIN3O/c1-2-15-6-5-11-16-17-12(18-11)9-7-8(13)3-4-10(9)14/h3-4,7,15H,2,5-6H2,1H3. The predicted molar refractivity (Wildman–Crippen MR) is 82.4 cm³/mol. The first-order chi connectivity index (χ1) is 8.70. The van der Waals surface area contributed by atoms with Crippen LogP contribution in [0.1, 0.15) is 12.8 Å². The van der Waals surface area contributed by atoms with Crippen LogP contribution in [-0.2, 0) is 6.42 Å². The minimum Gasteiger partial charge on any atom is -0.421 e. The van der Waals surface area contributed by atoms with Gasteiger partial charge in [-0.15, -0.1) is 10.2 Å². The van der Waals surface area contributed by atoms with Crippen molar-refractivity contribution < 1.29 is 4.42 Å². The summed E-state index contributed by atoms with van der Waals surface area (Å²) in [6.45, 7) is 3.88. The van der Waals surface area contributed by atoms with Gasteiger partial charge in [0.15, 0.2) is 0 Å². The lowest BCUT2D eigenvalue weighted by Crippen LogP contribution is -2.16. The Balaban J connectivity index is 2.16. The van der Waals surface area contributed by atoms with Crippen LogP contribution in [0, 0.1) is 3.57 Å². The molecule has 6 heteroatoms. The summed E-state index contributed by atoms with van der Waals surface area (Å²) in [6.07, 6.45) is 0.755. The summed E-state index contributed by atoms with van der Waals surface area (Å²) < 4.78 is 7.76. The third kappa shape index (κ3) is 3.52. The summed E-state index contributed by atoms with van der Waals surface area (Å²) in [4.78, 5) is 0. The summed E-state index contributed by atoms with van der Waals surface area (Å²) in [5, 5.41) is 11.4. The van der Waals surface area contributed by atoms with Crippen LogP contribution in [0.15, 0.2) is 27.1 Å². The Bertz CT molecular complexity index is 530. The summed E-state index contributed by atoms with van der Waals surface area (Å²) in [6, 6.07) is 6.00. The van der Waals surface area contributed by atoms with Gasteiger partial charge < -0.3 is 9.73 Å². The Morgan fingerprint density at radius 3 is 3.00 bits per heavy atom. The minimum atomic E-state index is 0.576. The van der Waals surface area contributed by atoms with Crippen LogP contribution in [-0.4, -0.2) is 23.3 Å². The molecule has 2 rings (SSSR count). The van der Waals surface area contributed by atoms with Gasteiger partial charge in [-0.25, -0.2) is 0 Å². The molecule has 0 saturated heterocycles. The largest absolute Gasteiger partial charge is 0.421 e. The summed E-state index contributed by atoms with van der Waals surface area (Å²) >= 11 is 5.71. The van der Waals surface area contributed by atoms with Gasteiger partial charge in [-0.2, -0.15) is 0 Å². The fourth-order valence-corrected chi connectivity index (χ4v) is 2.42. The molecule has 1 aromatic carbocycles. The molecule has 0 amide bonds. The minimum absolute atomic E-state index is 0.576. The van der Waals surface area contributed by atoms with E-state index in [1.54, 1.807) is 0 Å². The van der Waals surface area contributed by atoms with Crippen molar-refractivity contribution in [1.29, 1.82) is 0 Å². The zero-order chi connectivity index (χ0) is 13.0. The average molecular weight is 422 g/mol. The molecule has 0 bridgehead atoms. The maximum atomic E-state index is 5.66. The number of benzene rings is 1. The second-order valence-electron chi connectivity index (χ2n) is 3.73. The monoisotopic (exact) mass is 421 g/mol. The van der Waals surface area contributed by atoms with Crippen LogP contribution in [0.4, 0.5) is 0 Å². The zero-order valence-corrected chi connectivity index (χ0v) is 13.7. The number of hydrogen-bond acceptors (Lipinski definition) is 4. The van der Waals surface area contributed by atoms with Crippen LogP contribution in [0.5, 0.6) is 0 Å². The molecule has 4 nitrogen and oxygen atoms in total. The van der Waals surface area contributed by atoms with Gasteiger partial charge in [0.25, 0.3) is 0 Å². The van der Waals surface area contributed by atoms with Gasteiger partial charge in [0.1, 0.15) is 0 Å². The lowest BCUT2D eigenvalue weighted by molar-refractivity contribution is 0.496. The second kappa shape index (κ2) is 6.63. The van der Waals surface area contributed by atoms with Crippen LogP contribution in [0.2, 0.25) is 0 Å². The van der Waals surface area contributed by atoms with Crippen molar-refractivity contribution in [2.75, 3.05) is 13.1 Å². The van der Waals surface area contributed by atoms with Crippen molar-refractivity contribution in [1.82, 2.24) is 15.5 Å². The average Bonchev–Trinajstić information content (AvgIpc) is 2.81. The van der Waals surface area contributed by atoms with Gasteiger partial charge in [-0.05, 0) is 47.3 Å². The molecule has 1 aromatic heterocycles. The van der Waals surface area contributed by atoms with Crippen molar-refractivity contribution in [2.45, 2.75) is 13.3 Å². The second-order valence-corrected chi connectivity index (χ2v) is 5.81. The molecule has 0 saturated carbocycles. The number of rotatable bonds is 5. The van der Waals surface area contributed by atoms with E-state index < -0.39 is 0 Å². The van der Waals surface area contributed by atoms with Crippen LogP contribution >= 0.6 is 38.5 Å². The van der Waals surface area contributed by atoms with Crippen molar-refractivity contribution in [2.24, 2.45) is 0 Å². The van der Waals surface area contributed by atoms with Gasteiger partial charge in [0.05, 0.1) is 5.56 Å². The lowest BCUT2D eigenvalue weighted by atomic mass is 10.2. The molecule has 96 valence electrons. The Labute approximate surface area is 128 Å². The van der Waals surface area contributed by atoms with Crippen LogP contribution in [0.3, 0.4) is 0 Å². The SMILES string of the molecule is CCNCCc1nnc(-c2cc(Br)ccc2I)o1. The molecule has 0 aliphatic heterocycles. The molecule has 18 heavy (non-hydrogen) atoms. The van der Waals surface area contributed by atoms with E-state index in [1.807, 2.05) is 18.2 Å². The summed E-state index contributed by atoms with van der Waals surface area (Å²) in [5.41, 5.74) is 0.965. The number of aromatic nitrogens is 2. The van der Waals surface area contributed by atoms with Crippen LogP contribution in [0.25, 0.3) is 11.5 Å². The molecule has 0 spiro atoms. The summed E-state index contributed by atoms with van der Waals surface area (Å²) in [7, 11) is 0. The molecular formula is C12H13BrIN3O. The van der Waals surface area contributed by atoms with E-state index in [9.17, 15) is 0 Å². The first-order valence-electron chi connectivity index (χ1n) is 5.69. The highest BCUT2D eigenvalue weighted by Gasteiger charge is 2.11. The van der Waals surface area contributed by atoms with E-state index in [0.29, 0.717) is 11.8 Å². The maximum Gasteiger partial charge on any atom is 0.248 e. The third-order valence-electron chi connectivity index (χ3n) is 2.39. The first-order valence-corrected chi connectivity index (χ1v) is 7.56. The predicted octanol–water partition coefficient (Wildman–Crippen LogP) is 3.26. The van der Waals surface area contributed by atoms with E-state index in [2.05, 4.69) is 61.0 Å². The lowest BCUT2D eigenvalue weighted by Gasteiger charge is -2.00. The van der Waals surface area contributed by atoms with E-state index >= 15 is 0 Å². The van der Waals surface area contributed by atoms with E-state index in [4.69, 9.17) is 4.42 Å². The van der Waals surface area contributed by atoms with Crippen molar-refractivity contribution in [3.05, 3.63) is 32.1 Å². The zero-order valence-electron chi connectivity index (χ0n) is 9.91. The van der Waals surface area contributed by atoms with Crippen molar-refractivity contribution in [3.8, 4) is 11.5 Å². The quantitative estimate of drug-likeness (QED) is 0.594. The third-order valence-corrected chi connectivity index (χ3v) is 3.83. The highest BCUT2D eigenvalue weighted by molar-refractivity contribution is 14.1. The van der Waals surface area contributed by atoms with E-state index in [0.717, 1.165) is 33.1 Å². The maximum absolute atomic E-state index is 5.66. The molecule has 0 radical (unpaired) electrons. The number of nitrogens with one attached hydrogen (secondary N) is 1. The van der Waals surface area contributed by atoms with Crippen LogP contribution < -0.4 is 5.32 Å². The Morgan fingerprint density at radius 1 is 1.39 bits per heavy atom. The van der Waals surface area contributed by atoms with Crippen molar-refractivity contribution >= 4 is 38.5 Å². The molecule has 0 atom stereocenters. The van der Waals surface area contributed by atoms with Gasteiger partial charge in [-0.1, -0.05) is 22.9 Å². The first kappa shape index (κ1) is 14.0. The molecule has 1 N–H and O–H groups in total. The number of nitrogens with zero attached hydrogens (tertiary/aromatic N) is 2. The highest BCUT2D eigenvalue weighted by atomic mass is 127. The molecule has 1 heterocycles. The Kier molecular flexibility index (Phi) is 5.13. The fourth-order valence-electron chi connectivity index (χ4n) is 1.50. The molecule has 0 aliphatic carbocycles. The fraction of sp³-hybridized carbons (Fsp3) is 0.333. The Hall–Kier alpha value is -0.470. The van der Waals surface area contributed by atoms with Gasteiger partial charge >= 0.3 is 0 Å².